The monoisotopic (exact) mass is 493 g/mol. The number of aromatic nitrogens is 7. The van der Waals surface area contributed by atoms with Crippen molar-refractivity contribution in [1.82, 2.24) is 34.7 Å². The van der Waals surface area contributed by atoms with Crippen LogP contribution >= 0.6 is 0 Å². The van der Waals surface area contributed by atoms with Gasteiger partial charge in [0, 0.05) is 18.0 Å². The smallest absolute Gasteiger partial charge is 0.377 e. The zero-order valence-electron chi connectivity index (χ0n) is 20.4. The fourth-order valence-electron chi connectivity index (χ4n) is 4.19. The number of H-pyrrole nitrogens is 1. The Morgan fingerprint density at radius 3 is 2.68 bits per heavy atom. The van der Waals surface area contributed by atoms with E-state index in [-0.39, 0.29) is 17.2 Å². The largest absolute Gasteiger partial charge is 0.463 e. The van der Waals surface area contributed by atoms with E-state index in [1.54, 1.807) is 30.6 Å². The van der Waals surface area contributed by atoms with Crippen molar-refractivity contribution in [3.05, 3.63) is 77.6 Å². The number of carbonyl (C=O) groups excluding carboxylic acids is 1. The molecule has 3 N–H and O–H groups in total. The molecule has 0 radical (unpaired) electrons. The summed E-state index contributed by atoms with van der Waals surface area (Å²) in [4.78, 5) is 32.2. The number of hydrogen-bond donors (Lipinski definition) is 2. The maximum absolute atomic E-state index is 11.8. The number of nitrogens with one attached hydrogen (secondary N) is 1. The number of carbonyl (C=O) groups is 1. The normalized spacial score (nSPS) is 11.4. The van der Waals surface area contributed by atoms with Crippen LogP contribution in [0.15, 0.2) is 55.1 Å². The van der Waals surface area contributed by atoms with Crippen LogP contribution in [0.4, 0.5) is 5.95 Å². The number of methoxy groups -OCH3 is 1. The second-order valence-electron chi connectivity index (χ2n) is 9.18. The molecule has 5 aromatic rings. The topological polar surface area (TPSA) is 161 Å². The molecule has 0 aliphatic rings. The predicted molar refractivity (Wildman–Crippen MR) is 136 cm³/mol. The quantitative estimate of drug-likeness (QED) is 0.338. The second-order valence-corrected chi connectivity index (χ2v) is 9.18. The molecule has 0 spiro atoms. The minimum atomic E-state index is -0.640. The summed E-state index contributed by atoms with van der Waals surface area (Å²) >= 11 is 0. The number of fused-ring (bicyclic) bond motifs is 1. The first-order valence-electron chi connectivity index (χ1n) is 11.4. The molecule has 184 valence electrons. The number of nitrogens with zero attached hydrogens (tertiary/aromatic N) is 7. The molecule has 0 saturated heterocycles. The number of nitrogens with two attached hydrogens (primary N) is 1. The molecule has 0 saturated carbocycles. The lowest BCUT2D eigenvalue weighted by Gasteiger charge is -2.25. The summed E-state index contributed by atoms with van der Waals surface area (Å²) in [7, 11) is 1.27. The Bertz CT molecular complexity index is 1660. The number of benzene rings is 2. The van der Waals surface area contributed by atoms with Crippen molar-refractivity contribution in [2.45, 2.75) is 25.7 Å². The Labute approximate surface area is 212 Å². The third kappa shape index (κ3) is 4.60. The van der Waals surface area contributed by atoms with Crippen molar-refractivity contribution in [2.24, 2.45) is 0 Å². The molecule has 2 aromatic carbocycles. The van der Waals surface area contributed by atoms with Crippen LogP contribution in [0.3, 0.4) is 0 Å². The maximum atomic E-state index is 11.8. The number of anilines is 1. The summed E-state index contributed by atoms with van der Waals surface area (Å²) < 4.78 is 6.16. The van der Waals surface area contributed by atoms with Crippen LogP contribution in [0.5, 0.6) is 0 Å². The number of esters is 1. The van der Waals surface area contributed by atoms with Crippen molar-refractivity contribution in [3.63, 3.8) is 0 Å². The molecule has 0 aliphatic heterocycles. The number of rotatable bonds is 6. The number of imidazole rings is 1. The molecule has 0 bridgehead atoms. The highest BCUT2D eigenvalue weighted by atomic mass is 16.5. The van der Waals surface area contributed by atoms with Crippen molar-refractivity contribution >= 4 is 23.0 Å². The van der Waals surface area contributed by atoms with Crippen LogP contribution in [0.1, 0.15) is 41.2 Å². The molecule has 3 heterocycles. The molecule has 11 heteroatoms. The third-order valence-corrected chi connectivity index (χ3v) is 6.12. The SMILES string of the molecule is COC(=O)c1ncn(-c2ccc(C#N)cc2-c2nc3ccc(C(C)(C)Cc4cnc(N)nc4)cc3[nH]2)n1. The van der Waals surface area contributed by atoms with Gasteiger partial charge in [0.1, 0.15) is 12.2 Å². The van der Waals surface area contributed by atoms with Gasteiger partial charge in [-0.05, 0) is 53.3 Å². The Morgan fingerprint density at radius 2 is 1.95 bits per heavy atom. The second kappa shape index (κ2) is 9.16. The molecule has 5 rings (SSSR count). The van der Waals surface area contributed by atoms with Crippen LogP contribution in [0.2, 0.25) is 0 Å². The minimum Gasteiger partial charge on any atom is -0.463 e. The Morgan fingerprint density at radius 1 is 1.16 bits per heavy atom. The van der Waals surface area contributed by atoms with Gasteiger partial charge in [0.15, 0.2) is 0 Å². The van der Waals surface area contributed by atoms with Gasteiger partial charge >= 0.3 is 5.97 Å². The molecule has 0 atom stereocenters. The van der Waals surface area contributed by atoms with E-state index in [0.29, 0.717) is 22.6 Å². The van der Waals surface area contributed by atoms with Gasteiger partial charge in [-0.25, -0.2) is 29.4 Å². The van der Waals surface area contributed by atoms with Crippen LogP contribution in [0, 0.1) is 11.3 Å². The van der Waals surface area contributed by atoms with Gasteiger partial charge in [0.25, 0.3) is 5.82 Å². The highest BCUT2D eigenvalue weighted by molar-refractivity contribution is 5.85. The van der Waals surface area contributed by atoms with Crippen molar-refractivity contribution < 1.29 is 9.53 Å². The van der Waals surface area contributed by atoms with Crippen molar-refractivity contribution in [1.29, 1.82) is 5.26 Å². The van der Waals surface area contributed by atoms with E-state index >= 15 is 0 Å². The molecule has 0 unspecified atom stereocenters. The fraction of sp³-hybridized carbons (Fsp3) is 0.192. The van der Waals surface area contributed by atoms with Gasteiger partial charge in [-0.1, -0.05) is 19.9 Å². The summed E-state index contributed by atoms with van der Waals surface area (Å²) in [5.41, 5.74) is 10.8. The zero-order valence-corrected chi connectivity index (χ0v) is 20.4. The number of hydrogen-bond acceptors (Lipinski definition) is 9. The summed E-state index contributed by atoms with van der Waals surface area (Å²) in [5, 5.41) is 13.7. The lowest BCUT2D eigenvalue weighted by molar-refractivity contribution is 0.0587. The first-order valence-corrected chi connectivity index (χ1v) is 11.4. The van der Waals surface area contributed by atoms with Gasteiger partial charge in [0.05, 0.1) is 35.5 Å². The molecular formula is C26H23N9O2. The summed E-state index contributed by atoms with van der Waals surface area (Å²) in [6.07, 6.45) is 5.64. The number of aromatic amines is 1. The van der Waals surface area contributed by atoms with E-state index in [9.17, 15) is 10.1 Å². The lowest BCUT2D eigenvalue weighted by atomic mass is 9.79. The van der Waals surface area contributed by atoms with Crippen LogP contribution in [0.25, 0.3) is 28.1 Å². The molecule has 37 heavy (non-hydrogen) atoms. The molecule has 0 amide bonds. The maximum Gasteiger partial charge on any atom is 0.377 e. The molecule has 11 nitrogen and oxygen atoms in total. The van der Waals surface area contributed by atoms with E-state index in [4.69, 9.17) is 15.5 Å². The summed E-state index contributed by atoms with van der Waals surface area (Å²) in [6, 6.07) is 13.4. The van der Waals surface area contributed by atoms with Gasteiger partial charge < -0.3 is 15.5 Å². The first-order chi connectivity index (χ1) is 17.8. The average Bonchev–Trinajstić information content (AvgIpc) is 3.56. The van der Waals surface area contributed by atoms with Gasteiger partial charge in [-0.15, -0.1) is 5.10 Å². The molecule has 0 fully saturated rings. The summed E-state index contributed by atoms with van der Waals surface area (Å²) in [6.45, 7) is 4.31. The molecule has 3 aromatic heterocycles. The summed E-state index contributed by atoms with van der Waals surface area (Å²) in [5.74, 6) is 0.0958. The predicted octanol–water partition coefficient (Wildman–Crippen LogP) is 3.36. The molecular weight excluding hydrogens is 470 g/mol. The number of nitrogen functional groups attached to an aromatic ring is 1. The average molecular weight is 494 g/mol. The van der Waals surface area contributed by atoms with E-state index in [1.165, 1.54) is 18.1 Å². The van der Waals surface area contributed by atoms with E-state index in [1.807, 2.05) is 6.07 Å². The van der Waals surface area contributed by atoms with Crippen molar-refractivity contribution in [2.75, 3.05) is 12.8 Å². The van der Waals surface area contributed by atoms with E-state index < -0.39 is 5.97 Å². The van der Waals surface area contributed by atoms with Gasteiger partial charge in [-0.3, -0.25) is 0 Å². The van der Waals surface area contributed by atoms with Crippen LogP contribution in [-0.4, -0.2) is 47.8 Å². The number of nitriles is 1. The third-order valence-electron chi connectivity index (χ3n) is 6.12. The van der Waals surface area contributed by atoms with Crippen LogP contribution in [-0.2, 0) is 16.6 Å². The van der Waals surface area contributed by atoms with Crippen molar-refractivity contribution in [3.8, 4) is 23.1 Å². The van der Waals surface area contributed by atoms with E-state index in [0.717, 1.165) is 28.6 Å². The Kier molecular flexibility index (Phi) is 5.85. The van der Waals surface area contributed by atoms with E-state index in [2.05, 4.69) is 57.1 Å². The Hall–Kier alpha value is -5.11. The number of ether oxygens (including phenoxy) is 1. The fourth-order valence-corrected chi connectivity index (χ4v) is 4.19. The highest BCUT2D eigenvalue weighted by Crippen LogP contribution is 2.32. The highest BCUT2D eigenvalue weighted by Gasteiger charge is 2.23. The first kappa shape index (κ1) is 23.6. The van der Waals surface area contributed by atoms with Gasteiger partial charge in [-0.2, -0.15) is 5.26 Å². The zero-order chi connectivity index (χ0) is 26.2. The van der Waals surface area contributed by atoms with Gasteiger partial charge in [0.2, 0.25) is 5.95 Å². The molecule has 0 aliphatic carbocycles. The van der Waals surface area contributed by atoms with Crippen LogP contribution < -0.4 is 5.73 Å². The Balaban J connectivity index is 1.54. The minimum absolute atomic E-state index is 0.0687. The lowest BCUT2D eigenvalue weighted by Crippen LogP contribution is -2.20. The standard InChI is InChI=1S/C26H23N9O2/c1-26(2,10-16-12-29-25(28)30-13-16)17-5-6-19-20(9-17)33-22(32-19)18-8-15(11-27)4-7-21(18)35-14-31-23(34-35)24(36)37-3/h4-9,12-14H,10H2,1-3H3,(H,32,33)(H2,28,29,30).